The van der Waals surface area contributed by atoms with Gasteiger partial charge in [0, 0.05) is 31.7 Å². The number of morpholine rings is 1. The number of methoxy groups -OCH3 is 1. The molecule has 0 saturated carbocycles. The molecule has 1 amide bonds. The van der Waals surface area contributed by atoms with Crippen LogP contribution >= 0.6 is 24.0 Å². The van der Waals surface area contributed by atoms with Crippen LogP contribution in [0.2, 0.25) is 0 Å². The summed E-state index contributed by atoms with van der Waals surface area (Å²) in [4.78, 5) is 17.3. The monoisotopic (exact) mass is 364 g/mol. The Bertz CT molecular complexity index is 657. The molecule has 24 heavy (non-hydrogen) atoms. The van der Waals surface area contributed by atoms with E-state index in [-0.39, 0.29) is 5.91 Å². The molecule has 0 radical (unpaired) electrons. The molecule has 5 nitrogen and oxygen atoms in total. The van der Waals surface area contributed by atoms with Gasteiger partial charge in [-0.1, -0.05) is 42.2 Å². The Labute approximate surface area is 151 Å². The average molecular weight is 364 g/mol. The largest absolute Gasteiger partial charge is 0.496 e. The molecule has 0 spiro atoms. The minimum atomic E-state index is -0.0239. The fraction of sp³-hybridized carbons (Fsp3) is 0.412. The van der Waals surface area contributed by atoms with E-state index < -0.39 is 0 Å². The molecular weight excluding hydrogens is 344 g/mol. The summed E-state index contributed by atoms with van der Waals surface area (Å²) in [6, 6.07) is 7.64. The quantitative estimate of drug-likeness (QED) is 0.590. The van der Waals surface area contributed by atoms with Crippen molar-refractivity contribution < 1.29 is 14.3 Å². The fourth-order valence-electron chi connectivity index (χ4n) is 2.69. The maximum atomic E-state index is 12.7. The normalized spacial score (nSPS) is 20.9. The number of ether oxygens (including phenoxy) is 2. The van der Waals surface area contributed by atoms with Gasteiger partial charge in [0.2, 0.25) is 0 Å². The zero-order chi connectivity index (χ0) is 16.9. The molecule has 2 aliphatic heterocycles. The molecule has 0 bridgehead atoms. The van der Waals surface area contributed by atoms with Crippen LogP contribution in [0.5, 0.6) is 5.75 Å². The lowest BCUT2D eigenvalue weighted by Crippen LogP contribution is -2.42. The van der Waals surface area contributed by atoms with Crippen LogP contribution in [0.4, 0.5) is 0 Å². The number of rotatable bonds is 5. The molecule has 0 aliphatic carbocycles. The molecule has 2 aliphatic rings. The van der Waals surface area contributed by atoms with Gasteiger partial charge in [0.25, 0.3) is 5.91 Å². The summed E-state index contributed by atoms with van der Waals surface area (Å²) in [5.74, 6) is 0.722. The van der Waals surface area contributed by atoms with E-state index in [1.165, 1.54) is 11.8 Å². The number of amides is 1. The molecule has 1 aromatic carbocycles. The van der Waals surface area contributed by atoms with Crippen molar-refractivity contribution in [1.82, 2.24) is 9.80 Å². The smallest absolute Gasteiger partial charge is 0.266 e. The number of thioether (sulfide) groups is 1. The third-order valence-corrected chi connectivity index (χ3v) is 5.42. The van der Waals surface area contributed by atoms with Crippen molar-refractivity contribution >= 4 is 40.3 Å². The van der Waals surface area contributed by atoms with Crippen molar-refractivity contribution in [2.45, 2.75) is 0 Å². The van der Waals surface area contributed by atoms with Crippen LogP contribution in [0.25, 0.3) is 6.08 Å². The zero-order valence-corrected chi connectivity index (χ0v) is 15.2. The van der Waals surface area contributed by atoms with E-state index in [0.717, 1.165) is 44.2 Å². The minimum Gasteiger partial charge on any atom is -0.496 e. The molecule has 2 saturated heterocycles. The van der Waals surface area contributed by atoms with Gasteiger partial charge < -0.3 is 9.47 Å². The summed E-state index contributed by atoms with van der Waals surface area (Å²) in [5, 5.41) is 0. The molecule has 0 N–H and O–H groups in total. The molecule has 0 atom stereocenters. The first-order chi connectivity index (χ1) is 11.7. The third-order valence-electron chi connectivity index (χ3n) is 4.04. The lowest BCUT2D eigenvalue weighted by molar-refractivity contribution is -0.122. The molecule has 7 heteroatoms. The first kappa shape index (κ1) is 17.4. The van der Waals surface area contributed by atoms with Crippen molar-refractivity contribution in [3.8, 4) is 5.75 Å². The van der Waals surface area contributed by atoms with E-state index in [1.807, 2.05) is 30.3 Å². The summed E-state index contributed by atoms with van der Waals surface area (Å²) in [6.07, 6.45) is 1.85. The minimum absolute atomic E-state index is 0.0239. The first-order valence-corrected chi connectivity index (χ1v) is 9.10. The van der Waals surface area contributed by atoms with E-state index in [0.29, 0.717) is 15.8 Å². The van der Waals surface area contributed by atoms with Gasteiger partial charge in [0.15, 0.2) is 0 Å². The number of para-hydroxylation sites is 1. The summed E-state index contributed by atoms with van der Waals surface area (Å²) in [6.45, 7) is 4.77. The summed E-state index contributed by atoms with van der Waals surface area (Å²) in [7, 11) is 1.63. The van der Waals surface area contributed by atoms with Gasteiger partial charge in [0.05, 0.1) is 25.2 Å². The average Bonchev–Trinajstić information content (AvgIpc) is 2.88. The second kappa shape index (κ2) is 8.11. The molecule has 0 aromatic heterocycles. The van der Waals surface area contributed by atoms with Crippen molar-refractivity contribution in [1.29, 1.82) is 0 Å². The van der Waals surface area contributed by atoms with E-state index in [4.69, 9.17) is 21.7 Å². The molecule has 1 aromatic rings. The van der Waals surface area contributed by atoms with E-state index >= 15 is 0 Å². The Morgan fingerprint density at radius 3 is 2.79 bits per heavy atom. The van der Waals surface area contributed by atoms with E-state index in [1.54, 1.807) is 12.0 Å². The SMILES string of the molecule is COc1ccccc1/C=C1\SC(=S)N(CCN2CCOCC2)C1=O. The van der Waals surface area contributed by atoms with Gasteiger partial charge in [-0.3, -0.25) is 14.6 Å². The van der Waals surface area contributed by atoms with Crippen LogP contribution < -0.4 is 4.74 Å². The number of hydrogen-bond donors (Lipinski definition) is 0. The first-order valence-electron chi connectivity index (χ1n) is 7.87. The van der Waals surface area contributed by atoms with Gasteiger partial charge >= 0.3 is 0 Å². The maximum Gasteiger partial charge on any atom is 0.266 e. The Kier molecular flexibility index (Phi) is 5.89. The second-order valence-corrected chi connectivity index (χ2v) is 7.21. The molecule has 2 fully saturated rings. The van der Waals surface area contributed by atoms with Crippen LogP contribution in [-0.2, 0) is 9.53 Å². The van der Waals surface area contributed by atoms with E-state index in [9.17, 15) is 4.79 Å². The summed E-state index contributed by atoms with van der Waals surface area (Å²) < 4.78 is 11.3. The van der Waals surface area contributed by atoms with Crippen molar-refractivity contribution in [3.63, 3.8) is 0 Å². The van der Waals surface area contributed by atoms with Gasteiger partial charge in [-0.25, -0.2) is 0 Å². The van der Waals surface area contributed by atoms with Gasteiger partial charge in [-0.15, -0.1) is 0 Å². The highest BCUT2D eigenvalue weighted by Crippen LogP contribution is 2.34. The Morgan fingerprint density at radius 2 is 2.04 bits per heavy atom. The number of hydrogen-bond acceptors (Lipinski definition) is 6. The van der Waals surface area contributed by atoms with Gasteiger partial charge in [-0.2, -0.15) is 0 Å². The van der Waals surface area contributed by atoms with Gasteiger partial charge in [0.1, 0.15) is 10.1 Å². The lowest BCUT2D eigenvalue weighted by atomic mass is 10.2. The highest BCUT2D eigenvalue weighted by atomic mass is 32.2. The second-order valence-electron chi connectivity index (χ2n) is 5.53. The number of carbonyl (C=O) groups excluding carboxylic acids is 1. The number of thiocarbonyl (C=S) groups is 1. The topological polar surface area (TPSA) is 42.0 Å². The molecule has 128 valence electrons. The van der Waals surface area contributed by atoms with Crippen molar-refractivity contribution in [2.75, 3.05) is 46.5 Å². The summed E-state index contributed by atoms with van der Waals surface area (Å²) >= 11 is 6.74. The van der Waals surface area contributed by atoms with Crippen LogP contribution in [0.1, 0.15) is 5.56 Å². The molecule has 2 heterocycles. The van der Waals surface area contributed by atoms with E-state index in [2.05, 4.69) is 4.90 Å². The van der Waals surface area contributed by atoms with Crippen LogP contribution in [0.3, 0.4) is 0 Å². The Morgan fingerprint density at radius 1 is 1.29 bits per heavy atom. The highest BCUT2D eigenvalue weighted by Gasteiger charge is 2.32. The van der Waals surface area contributed by atoms with Crippen LogP contribution in [0, 0.1) is 0 Å². The van der Waals surface area contributed by atoms with Crippen LogP contribution in [0.15, 0.2) is 29.2 Å². The zero-order valence-electron chi connectivity index (χ0n) is 13.6. The van der Waals surface area contributed by atoms with Gasteiger partial charge in [-0.05, 0) is 12.1 Å². The Balaban J connectivity index is 1.68. The predicted octanol–water partition coefficient (Wildman–Crippen LogP) is 2.23. The number of benzene rings is 1. The number of carbonyl (C=O) groups is 1. The lowest BCUT2D eigenvalue weighted by Gasteiger charge is -2.28. The molecule has 0 unspecified atom stereocenters. The molecule has 3 rings (SSSR count). The Hall–Kier alpha value is -1.41. The van der Waals surface area contributed by atoms with Crippen LogP contribution in [-0.4, -0.2) is 66.5 Å². The standard InChI is InChI=1S/C17H20N2O3S2/c1-21-14-5-3-2-4-13(14)12-15-16(20)19(17(23)24-15)7-6-18-8-10-22-11-9-18/h2-5,12H,6-11H2,1H3/b15-12-. The maximum absolute atomic E-state index is 12.7. The third kappa shape index (κ3) is 3.97. The number of nitrogens with zero attached hydrogens (tertiary/aromatic N) is 2. The summed E-state index contributed by atoms with van der Waals surface area (Å²) in [5.41, 5.74) is 0.883. The molecular formula is C17H20N2O3S2. The predicted molar refractivity (Wildman–Crippen MR) is 100 cm³/mol. The fourth-order valence-corrected chi connectivity index (χ4v) is 3.99. The highest BCUT2D eigenvalue weighted by molar-refractivity contribution is 8.26. The van der Waals surface area contributed by atoms with Crippen molar-refractivity contribution in [2.24, 2.45) is 0 Å². The van der Waals surface area contributed by atoms with Crippen molar-refractivity contribution in [3.05, 3.63) is 34.7 Å².